The average molecular weight is 544 g/mol. The van der Waals surface area contributed by atoms with E-state index < -0.39 is 17.9 Å². The molecule has 1 atom stereocenters. The van der Waals surface area contributed by atoms with E-state index >= 15 is 0 Å². The Morgan fingerprint density at radius 3 is 2.26 bits per heavy atom. The third-order valence-corrected chi connectivity index (χ3v) is 6.40. The minimum atomic E-state index is -1.16. The van der Waals surface area contributed by atoms with E-state index in [2.05, 4.69) is 10.3 Å². The molecule has 196 valence electrons. The van der Waals surface area contributed by atoms with Gasteiger partial charge in [0.05, 0.1) is 0 Å². The quantitative estimate of drug-likeness (QED) is 0.245. The minimum Gasteiger partial charge on any atom is -0.489 e. The first-order chi connectivity index (χ1) is 18.8. The van der Waals surface area contributed by atoms with Crippen LogP contribution in [-0.4, -0.2) is 32.4 Å². The summed E-state index contributed by atoms with van der Waals surface area (Å²) in [4.78, 5) is 29.2. The first-order valence-electron chi connectivity index (χ1n) is 12.1. The van der Waals surface area contributed by atoms with Gasteiger partial charge >= 0.3 is 5.97 Å². The number of amides is 1. The van der Waals surface area contributed by atoms with Crippen molar-refractivity contribution in [1.29, 1.82) is 0 Å². The Morgan fingerprint density at radius 1 is 0.897 bits per heavy atom. The molecule has 2 aromatic heterocycles. The molecule has 2 N–H and O–H groups in total. The molecule has 3 aromatic carbocycles. The normalized spacial score (nSPS) is 11.7. The maximum Gasteiger partial charge on any atom is 0.326 e. The number of rotatable bonds is 9. The molecule has 5 aromatic rings. The molecule has 39 heavy (non-hydrogen) atoms. The van der Waals surface area contributed by atoms with Gasteiger partial charge in [0.1, 0.15) is 35.6 Å². The van der Waals surface area contributed by atoms with Crippen LogP contribution in [0.5, 0.6) is 5.75 Å². The molecule has 0 radical (unpaired) electrons. The van der Waals surface area contributed by atoms with Gasteiger partial charge in [0.2, 0.25) is 0 Å². The minimum absolute atomic E-state index is 0.0768. The molecular formula is C30H23ClFN3O4. The molecule has 0 unspecified atom stereocenters. The van der Waals surface area contributed by atoms with Crippen LogP contribution in [0.1, 0.15) is 21.6 Å². The van der Waals surface area contributed by atoms with Gasteiger partial charge in [-0.25, -0.2) is 14.2 Å². The lowest BCUT2D eigenvalue weighted by Crippen LogP contribution is -2.42. The summed E-state index contributed by atoms with van der Waals surface area (Å²) >= 11 is 5.98. The molecule has 0 bridgehead atoms. The molecular weight excluding hydrogens is 521 g/mol. The number of aromatic nitrogens is 2. The van der Waals surface area contributed by atoms with Crippen molar-refractivity contribution in [2.24, 2.45) is 0 Å². The first-order valence-corrected chi connectivity index (χ1v) is 12.5. The van der Waals surface area contributed by atoms with Gasteiger partial charge in [-0.05, 0) is 70.8 Å². The van der Waals surface area contributed by atoms with Crippen LogP contribution in [0.3, 0.4) is 0 Å². The number of imidazole rings is 1. The second-order valence-electron chi connectivity index (χ2n) is 8.94. The summed E-state index contributed by atoms with van der Waals surface area (Å²) in [5.41, 5.74) is 4.07. The third kappa shape index (κ3) is 6.42. The highest BCUT2D eigenvalue weighted by Gasteiger charge is 2.23. The number of carboxylic acids is 1. The topological polar surface area (TPSA) is 92.9 Å². The van der Waals surface area contributed by atoms with E-state index in [0.29, 0.717) is 22.0 Å². The van der Waals surface area contributed by atoms with Gasteiger partial charge in [0.15, 0.2) is 0 Å². The van der Waals surface area contributed by atoms with Gasteiger partial charge < -0.3 is 19.6 Å². The Labute approximate surface area is 228 Å². The van der Waals surface area contributed by atoms with E-state index in [-0.39, 0.29) is 24.5 Å². The number of nitrogens with zero attached hydrogens (tertiary/aromatic N) is 2. The molecule has 0 aliphatic rings. The molecule has 0 aliphatic heterocycles. The molecule has 2 heterocycles. The summed E-state index contributed by atoms with van der Waals surface area (Å²) in [5, 5.41) is 12.9. The summed E-state index contributed by atoms with van der Waals surface area (Å²) in [7, 11) is 0. The largest absolute Gasteiger partial charge is 0.489 e. The van der Waals surface area contributed by atoms with Crippen LogP contribution >= 0.6 is 11.6 Å². The number of fused-ring (bicyclic) bond motifs is 1. The van der Waals surface area contributed by atoms with E-state index in [1.54, 1.807) is 65.2 Å². The molecule has 0 saturated carbocycles. The summed E-state index contributed by atoms with van der Waals surface area (Å²) < 4.78 is 20.5. The maximum absolute atomic E-state index is 13.0. The van der Waals surface area contributed by atoms with Crippen molar-refractivity contribution >= 4 is 29.1 Å². The van der Waals surface area contributed by atoms with Crippen LogP contribution in [0.25, 0.3) is 16.8 Å². The Kier molecular flexibility index (Phi) is 7.56. The smallest absolute Gasteiger partial charge is 0.326 e. The van der Waals surface area contributed by atoms with Gasteiger partial charge in [-0.1, -0.05) is 48.0 Å². The van der Waals surface area contributed by atoms with E-state index in [4.69, 9.17) is 16.3 Å². The predicted molar refractivity (Wildman–Crippen MR) is 145 cm³/mol. The Bertz CT molecular complexity index is 1620. The molecule has 5 rings (SSSR count). The molecule has 0 saturated heterocycles. The zero-order chi connectivity index (χ0) is 27.4. The van der Waals surface area contributed by atoms with E-state index in [1.165, 1.54) is 12.1 Å². The fourth-order valence-electron chi connectivity index (χ4n) is 4.05. The number of halogens is 2. The van der Waals surface area contributed by atoms with Crippen molar-refractivity contribution in [3.05, 3.63) is 125 Å². The van der Waals surface area contributed by atoms with Crippen LogP contribution in [-0.2, 0) is 17.8 Å². The van der Waals surface area contributed by atoms with Gasteiger partial charge in [-0.2, -0.15) is 0 Å². The standard InChI is InChI=1S/C30H23ClFN3O4/c31-23-8-5-21(6-9-23)22-7-14-28-33-27(17-35(28)16-22)29(36)34-26(30(37)38)15-19-3-12-25(13-4-19)39-18-20-1-10-24(32)11-2-20/h1-14,16-17,26H,15,18H2,(H,34,36)(H,37,38)/t26-/m0/s1. The molecule has 0 spiro atoms. The lowest BCUT2D eigenvalue weighted by molar-refractivity contribution is -0.139. The maximum atomic E-state index is 13.0. The van der Waals surface area contributed by atoms with E-state index in [9.17, 15) is 19.1 Å². The molecule has 1 amide bonds. The van der Waals surface area contributed by atoms with E-state index in [1.807, 2.05) is 24.4 Å². The molecule has 9 heteroatoms. The van der Waals surface area contributed by atoms with Crippen LogP contribution < -0.4 is 10.1 Å². The number of carbonyl (C=O) groups is 2. The van der Waals surface area contributed by atoms with Crippen molar-refractivity contribution in [3.8, 4) is 16.9 Å². The number of pyridine rings is 1. The molecule has 0 aliphatic carbocycles. The number of hydrogen-bond donors (Lipinski definition) is 2. The van der Waals surface area contributed by atoms with Crippen LogP contribution in [0.4, 0.5) is 4.39 Å². The van der Waals surface area contributed by atoms with Crippen molar-refractivity contribution in [3.63, 3.8) is 0 Å². The summed E-state index contributed by atoms with van der Waals surface area (Å²) in [6.45, 7) is 0.271. The van der Waals surface area contributed by atoms with Crippen LogP contribution in [0.2, 0.25) is 5.02 Å². The number of aliphatic carboxylic acids is 1. The fourth-order valence-corrected chi connectivity index (χ4v) is 4.18. The number of carboxylic acid groups (broad SMARTS) is 1. The summed E-state index contributed by atoms with van der Waals surface area (Å²) in [5.74, 6) is -1.47. The van der Waals surface area contributed by atoms with Crippen molar-refractivity contribution in [2.45, 2.75) is 19.1 Å². The van der Waals surface area contributed by atoms with E-state index in [0.717, 1.165) is 16.7 Å². The average Bonchev–Trinajstić information content (AvgIpc) is 3.37. The van der Waals surface area contributed by atoms with Gasteiger partial charge in [-0.15, -0.1) is 0 Å². The zero-order valence-corrected chi connectivity index (χ0v) is 21.3. The number of benzene rings is 3. The number of carbonyl (C=O) groups excluding carboxylic acids is 1. The highest BCUT2D eigenvalue weighted by molar-refractivity contribution is 6.30. The number of nitrogens with one attached hydrogen (secondary N) is 1. The lowest BCUT2D eigenvalue weighted by atomic mass is 10.1. The predicted octanol–water partition coefficient (Wildman–Crippen LogP) is 5.80. The Hall–Kier alpha value is -4.69. The SMILES string of the molecule is O=C(N[C@@H](Cc1ccc(OCc2ccc(F)cc2)cc1)C(=O)O)c1cn2cc(-c3ccc(Cl)cc3)ccc2n1. The van der Waals surface area contributed by atoms with Crippen LogP contribution in [0, 0.1) is 5.82 Å². The number of hydrogen-bond acceptors (Lipinski definition) is 4. The highest BCUT2D eigenvalue weighted by Crippen LogP contribution is 2.22. The van der Waals surface area contributed by atoms with Crippen molar-refractivity contribution in [2.75, 3.05) is 0 Å². The second-order valence-corrected chi connectivity index (χ2v) is 9.38. The second kappa shape index (κ2) is 11.4. The Balaban J connectivity index is 1.23. The molecule has 0 fully saturated rings. The fraction of sp³-hybridized carbons (Fsp3) is 0.100. The van der Waals surface area contributed by atoms with Crippen molar-refractivity contribution in [1.82, 2.24) is 14.7 Å². The van der Waals surface area contributed by atoms with Crippen LogP contribution in [0.15, 0.2) is 97.3 Å². The molecule has 7 nitrogen and oxygen atoms in total. The van der Waals surface area contributed by atoms with Gasteiger partial charge in [0, 0.05) is 23.8 Å². The van der Waals surface area contributed by atoms with Gasteiger partial charge in [-0.3, -0.25) is 4.79 Å². The Morgan fingerprint density at radius 2 is 1.56 bits per heavy atom. The lowest BCUT2D eigenvalue weighted by Gasteiger charge is -2.14. The summed E-state index contributed by atoms with van der Waals surface area (Å²) in [6, 6.07) is 22.9. The third-order valence-electron chi connectivity index (χ3n) is 6.15. The monoisotopic (exact) mass is 543 g/mol. The zero-order valence-electron chi connectivity index (χ0n) is 20.6. The number of ether oxygens (including phenoxy) is 1. The van der Waals surface area contributed by atoms with Crippen molar-refractivity contribution < 1.29 is 23.8 Å². The summed E-state index contributed by atoms with van der Waals surface area (Å²) in [6.07, 6.45) is 3.49. The highest BCUT2D eigenvalue weighted by atomic mass is 35.5. The first kappa shape index (κ1) is 25.9. The van der Waals surface area contributed by atoms with Gasteiger partial charge in [0.25, 0.3) is 5.91 Å².